The Kier molecular flexibility index (Phi) is 8.58. The molecule has 1 aliphatic heterocycles. The molecule has 1 saturated heterocycles. The van der Waals surface area contributed by atoms with E-state index in [1.165, 1.54) is 0 Å². The van der Waals surface area contributed by atoms with Crippen LogP contribution in [0.1, 0.15) is 52.5 Å². The summed E-state index contributed by atoms with van der Waals surface area (Å²) in [5.41, 5.74) is 3.30. The van der Waals surface area contributed by atoms with E-state index < -0.39 is 15.6 Å². The van der Waals surface area contributed by atoms with Gasteiger partial charge in [-0.15, -0.1) is 0 Å². The van der Waals surface area contributed by atoms with Crippen molar-refractivity contribution in [2.75, 3.05) is 20.2 Å². The van der Waals surface area contributed by atoms with Gasteiger partial charge in [0.05, 0.1) is 18.1 Å². The number of benzene rings is 3. The lowest BCUT2D eigenvalue weighted by Gasteiger charge is -2.19. The second-order valence-corrected chi connectivity index (χ2v) is 14.2. The van der Waals surface area contributed by atoms with Crippen LogP contribution in [0.5, 0.6) is 11.5 Å². The number of carbonyl (C=O) groups is 1. The van der Waals surface area contributed by atoms with Crippen molar-refractivity contribution in [1.82, 2.24) is 8.87 Å². The Morgan fingerprint density at radius 2 is 1.70 bits per heavy atom. The molecule has 2 heterocycles. The third kappa shape index (κ3) is 6.89. The van der Waals surface area contributed by atoms with Gasteiger partial charge in [0, 0.05) is 36.1 Å². The molecule has 0 spiro atoms. The normalized spacial score (nSPS) is 16.1. The van der Waals surface area contributed by atoms with E-state index in [0.29, 0.717) is 25.3 Å². The summed E-state index contributed by atoms with van der Waals surface area (Å²) in [6, 6.07) is 20.6. The minimum Gasteiger partial charge on any atom is -0.497 e. The van der Waals surface area contributed by atoms with E-state index >= 15 is 0 Å². The van der Waals surface area contributed by atoms with Crippen molar-refractivity contribution in [3.8, 4) is 22.6 Å². The smallest absolute Gasteiger partial charge is 0.326 e. The highest BCUT2D eigenvalue weighted by molar-refractivity contribution is 7.89. The summed E-state index contributed by atoms with van der Waals surface area (Å²) in [6.45, 7) is 10.2. The van der Waals surface area contributed by atoms with Crippen LogP contribution in [0.15, 0.2) is 77.8 Å². The first kappa shape index (κ1) is 30.6. The van der Waals surface area contributed by atoms with E-state index in [9.17, 15) is 13.2 Å². The molecule has 0 amide bonds. The number of sulfonamides is 1. The van der Waals surface area contributed by atoms with Crippen molar-refractivity contribution >= 4 is 26.9 Å². The van der Waals surface area contributed by atoms with Crippen LogP contribution in [0.4, 0.5) is 0 Å². The van der Waals surface area contributed by atoms with E-state index in [1.807, 2.05) is 69.6 Å². The molecule has 9 heteroatoms. The molecule has 5 rings (SSSR count). The van der Waals surface area contributed by atoms with Crippen LogP contribution >= 0.6 is 0 Å². The van der Waals surface area contributed by atoms with Crippen LogP contribution in [0.25, 0.3) is 22.0 Å². The lowest BCUT2D eigenvalue weighted by Crippen LogP contribution is -2.28. The zero-order chi connectivity index (χ0) is 30.9. The van der Waals surface area contributed by atoms with E-state index in [1.54, 1.807) is 35.7 Å². The summed E-state index contributed by atoms with van der Waals surface area (Å²) in [5, 5.41) is 0.995. The number of aromatic nitrogens is 1. The highest BCUT2D eigenvalue weighted by Gasteiger charge is 2.35. The molecule has 0 bridgehead atoms. The predicted octanol–water partition coefficient (Wildman–Crippen LogP) is 6.62. The molecular weight excluding hydrogens is 564 g/mol. The number of fused-ring (bicyclic) bond motifs is 1. The van der Waals surface area contributed by atoms with E-state index in [4.69, 9.17) is 14.2 Å². The van der Waals surface area contributed by atoms with Gasteiger partial charge in [0.2, 0.25) is 10.0 Å². The Hall–Kier alpha value is -3.82. The number of hydrogen-bond donors (Lipinski definition) is 0. The van der Waals surface area contributed by atoms with Crippen molar-refractivity contribution < 1.29 is 27.4 Å². The molecule has 43 heavy (non-hydrogen) atoms. The zero-order valence-electron chi connectivity index (χ0n) is 25.7. The molecule has 1 aromatic heterocycles. The van der Waals surface area contributed by atoms with Gasteiger partial charge in [-0.2, -0.15) is 4.31 Å². The second-order valence-electron chi connectivity index (χ2n) is 12.2. The Balaban J connectivity index is 1.46. The topological polar surface area (TPSA) is 87.1 Å². The summed E-state index contributed by atoms with van der Waals surface area (Å²) in [5.74, 6) is 1.04. The fraction of sp³-hybridized carbons (Fsp3) is 0.382. The molecule has 0 radical (unpaired) electrons. The average Bonchev–Trinajstić information content (AvgIpc) is 3.58. The number of esters is 1. The van der Waals surface area contributed by atoms with Gasteiger partial charge in [-0.1, -0.05) is 24.3 Å². The Morgan fingerprint density at radius 3 is 2.37 bits per heavy atom. The number of carbonyl (C=O) groups excluding carboxylic acids is 1. The third-order valence-electron chi connectivity index (χ3n) is 7.46. The van der Waals surface area contributed by atoms with Gasteiger partial charge in [0.1, 0.15) is 23.6 Å². The molecule has 0 N–H and O–H groups in total. The molecular formula is C34H40N2O6S. The Bertz CT molecular complexity index is 1720. The van der Waals surface area contributed by atoms with Crippen LogP contribution in [-0.4, -0.2) is 55.2 Å². The maximum atomic E-state index is 13.6. The molecule has 1 atom stereocenters. The minimum atomic E-state index is -3.68. The Morgan fingerprint density at radius 1 is 0.977 bits per heavy atom. The molecule has 8 nitrogen and oxygen atoms in total. The molecule has 1 unspecified atom stereocenters. The highest BCUT2D eigenvalue weighted by Crippen LogP contribution is 2.38. The van der Waals surface area contributed by atoms with E-state index in [2.05, 4.69) is 18.2 Å². The van der Waals surface area contributed by atoms with Crippen molar-refractivity contribution in [2.45, 2.75) is 70.1 Å². The molecule has 228 valence electrons. The number of methoxy groups -OCH3 is 1. The Labute approximate surface area is 254 Å². The summed E-state index contributed by atoms with van der Waals surface area (Å²) < 4.78 is 47.3. The lowest BCUT2D eigenvalue weighted by molar-refractivity contribution is -0.155. The van der Waals surface area contributed by atoms with Gasteiger partial charge < -0.3 is 18.8 Å². The number of hydrogen-bond acceptors (Lipinski definition) is 6. The van der Waals surface area contributed by atoms with Gasteiger partial charge in [-0.05, 0) is 100 Å². The van der Waals surface area contributed by atoms with Crippen LogP contribution in [-0.2, 0) is 26.1 Å². The monoisotopic (exact) mass is 604 g/mol. The fourth-order valence-electron chi connectivity index (χ4n) is 5.58. The minimum absolute atomic E-state index is 0.00541. The molecule has 4 aromatic rings. The second kappa shape index (κ2) is 12.1. The van der Waals surface area contributed by atoms with Gasteiger partial charge in [0.25, 0.3) is 0 Å². The predicted molar refractivity (Wildman–Crippen MR) is 168 cm³/mol. The molecule has 1 aliphatic rings. The maximum absolute atomic E-state index is 13.6. The summed E-state index contributed by atoms with van der Waals surface area (Å²) >= 11 is 0. The molecule has 0 aliphatic carbocycles. The molecule has 0 saturated carbocycles. The van der Waals surface area contributed by atoms with Crippen LogP contribution in [0.2, 0.25) is 0 Å². The van der Waals surface area contributed by atoms with Crippen molar-refractivity contribution in [3.05, 3.63) is 78.5 Å². The van der Waals surface area contributed by atoms with Gasteiger partial charge in [-0.3, -0.25) is 4.79 Å². The summed E-state index contributed by atoms with van der Waals surface area (Å²) in [7, 11) is -2.03. The summed E-state index contributed by atoms with van der Waals surface area (Å²) in [4.78, 5) is 13.2. The lowest BCUT2D eigenvalue weighted by atomic mass is 9.96. The van der Waals surface area contributed by atoms with Crippen LogP contribution in [0, 0.1) is 0 Å². The summed E-state index contributed by atoms with van der Waals surface area (Å²) in [6.07, 6.45) is 2.67. The first-order valence-corrected chi connectivity index (χ1v) is 16.0. The van der Waals surface area contributed by atoms with Gasteiger partial charge in [0.15, 0.2) is 0 Å². The first-order chi connectivity index (χ1) is 20.3. The average molecular weight is 605 g/mol. The third-order valence-corrected chi connectivity index (χ3v) is 9.34. The van der Waals surface area contributed by atoms with Crippen molar-refractivity contribution in [1.29, 1.82) is 0 Å². The SMILES string of the molecule is COc1cccc(-c2ccc3c(C4CCN(S(=O)(=O)c5ccc(OC(C)C)cc5)C4)cn(CC(=O)OC(C)(C)C)c3c2)c1. The quantitative estimate of drug-likeness (QED) is 0.200. The number of nitrogens with zero attached hydrogens (tertiary/aromatic N) is 2. The number of rotatable bonds is 9. The van der Waals surface area contributed by atoms with Gasteiger partial charge >= 0.3 is 5.97 Å². The molecule has 3 aromatic carbocycles. The zero-order valence-corrected chi connectivity index (χ0v) is 26.5. The fourth-order valence-corrected chi connectivity index (χ4v) is 7.08. The van der Waals surface area contributed by atoms with Gasteiger partial charge in [-0.25, -0.2) is 8.42 Å². The maximum Gasteiger partial charge on any atom is 0.326 e. The van der Waals surface area contributed by atoms with Crippen molar-refractivity contribution in [2.24, 2.45) is 0 Å². The number of ether oxygens (including phenoxy) is 3. The first-order valence-electron chi connectivity index (χ1n) is 14.6. The standard InChI is InChI=1S/C34H40N2O6S/c1-23(2)41-27-11-13-29(14-12-27)43(38,39)36-17-16-26(20-36)31-21-35(22-33(37)42-34(3,4)5)32-19-25(10-15-30(31)32)24-8-7-9-28(18-24)40-6/h7-15,18-19,21,23,26H,16-17,20,22H2,1-6H3. The van der Waals surface area contributed by atoms with E-state index in [0.717, 1.165) is 33.3 Å². The highest BCUT2D eigenvalue weighted by atomic mass is 32.2. The van der Waals surface area contributed by atoms with Crippen LogP contribution < -0.4 is 9.47 Å². The largest absolute Gasteiger partial charge is 0.497 e. The van der Waals surface area contributed by atoms with Crippen molar-refractivity contribution in [3.63, 3.8) is 0 Å². The molecule has 1 fully saturated rings. The van der Waals surface area contributed by atoms with Crippen LogP contribution in [0.3, 0.4) is 0 Å². The van der Waals surface area contributed by atoms with E-state index in [-0.39, 0.29) is 29.4 Å².